The molecular formula is C34H39NO2. The van der Waals surface area contributed by atoms with E-state index in [1.165, 1.54) is 16.3 Å². The number of ether oxygens (including phenoxy) is 2. The summed E-state index contributed by atoms with van der Waals surface area (Å²) in [5, 5.41) is 13.6. The molecule has 0 saturated carbocycles. The lowest BCUT2D eigenvalue weighted by Gasteiger charge is -2.36. The van der Waals surface area contributed by atoms with Crippen molar-refractivity contribution in [1.82, 2.24) is 0 Å². The molecule has 0 spiro atoms. The Morgan fingerprint density at radius 3 is 1.95 bits per heavy atom. The summed E-state index contributed by atoms with van der Waals surface area (Å²) in [4.78, 5) is 0. The van der Waals surface area contributed by atoms with Gasteiger partial charge in [-0.05, 0) is 93.6 Å². The van der Waals surface area contributed by atoms with Gasteiger partial charge in [-0.15, -0.1) is 0 Å². The maximum atomic E-state index is 9.09. The van der Waals surface area contributed by atoms with E-state index in [-0.39, 0.29) is 16.9 Å². The summed E-state index contributed by atoms with van der Waals surface area (Å²) in [6.45, 7) is 16.5. The van der Waals surface area contributed by atoms with Crippen LogP contribution in [0, 0.1) is 22.2 Å². The molecule has 0 aliphatic rings. The van der Waals surface area contributed by atoms with Crippen LogP contribution in [0.2, 0.25) is 0 Å². The fourth-order valence-corrected chi connectivity index (χ4v) is 4.93. The first-order valence-electron chi connectivity index (χ1n) is 13.2. The van der Waals surface area contributed by atoms with Gasteiger partial charge in [0.2, 0.25) is 0 Å². The molecule has 0 radical (unpaired) electrons. The second-order valence-corrected chi connectivity index (χ2v) is 12.5. The smallest absolute Gasteiger partial charge is 0.130 e. The lowest BCUT2D eigenvalue weighted by atomic mass is 9.69. The van der Waals surface area contributed by atoms with Crippen LogP contribution >= 0.6 is 0 Å². The average molecular weight is 494 g/mol. The zero-order valence-electron chi connectivity index (χ0n) is 23.3. The second kappa shape index (κ2) is 10.5. The van der Waals surface area contributed by atoms with E-state index in [2.05, 4.69) is 84.0 Å². The van der Waals surface area contributed by atoms with Crippen LogP contribution in [0.25, 0.3) is 21.5 Å². The zero-order chi connectivity index (χ0) is 26.8. The van der Waals surface area contributed by atoms with Gasteiger partial charge >= 0.3 is 0 Å². The minimum Gasteiger partial charge on any atom is -0.490 e. The fourth-order valence-electron chi connectivity index (χ4n) is 4.93. The van der Waals surface area contributed by atoms with Gasteiger partial charge in [0.25, 0.3) is 0 Å². The van der Waals surface area contributed by atoms with Gasteiger partial charge in [0, 0.05) is 0 Å². The Morgan fingerprint density at radius 2 is 1.30 bits per heavy atom. The average Bonchev–Trinajstić information content (AvgIpc) is 2.84. The Balaban J connectivity index is 1.42. The molecule has 0 aliphatic heterocycles. The van der Waals surface area contributed by atoms with E-state index in [4.69, 9.17) is 14.7 Å². The lowest BCUT2D eigenvalue weighted by Crippen LogP contribution is -2.23. The SMILES string of the molecule is CC(COc1ccc2cc(C(CC(C)(C)C)C(C)(C)C)ccc2c1)Oc1ccc2cc(C#N)ccc2c1. The summed E-state index contributed by atoms with van der Waals surface area (Å²) in [5.74, 6) is 2.14. The van der Waals surface area contributed by atoms with Crippen LogP contribution < -0.4 is 9.47 Å². The van der Waals surface area contributed by atoms with Gasteiger partial charge in [-0.25, -0.2) is 0 Å². The predicted octanol–water partition coefficient (Wildman–Crippen LogP) is 9.28. The second-order valence-electron chi connectivity index (χ2n) is 12.5. The maximum Gasteiger partial charge on any atom is 0.130 e. The Kier molecular flexibility index (Phi) is 7.51. The molecule has 0 fully saturated rings. The van der Waals surface area contributed by atoms with Crippen molar-refractivity contribution in [3.05, 3.63) is 83.9 Å². The molecule has 0 saturated heterocycles. The molecule has 0 aliphatic carbocycles. The molecule has 0 heterocycles. The predicted molar refractivity (Wildman–Crippen MR) is 154 cm³/mol. The van der Waals surface area contributed by atoms with Crippen LogP contribution in [-0.4, -0.2) is 12.7 Å². The summed E-state index contributed by atoms with van der Waals surface area (Å²) in [5.41, 5.74) is 2.54. The molecule has 3 nitrogen and oxygen atoms in total. The van der Waals surface area contributed by atoms with Crippen molar-refractivity contribution in [2.45, 2.75) is 66.9 Å². The minimum absolute atomic E-state index is 0.112. The molecule has 0 aromatic heterocycles. The van der Waals surface area contributed by atoms with Crippen LogP contribution in [0.1, 0.15) is 71.9 Å². The van der Waals surface area contributed by atoms with Crippen molar-refractivity contribution in [1.29, 1.82) is 5.26 Å². The van der Waals surface area contributed by atoms with Crippen molar-refractivity contribution in [3.63, 3.8) is 0 Å². The molecule has 4 aromatic carbocycles. The molecular weight excluding hydrogens is 454 g/mol. The molecule has 4 aromatic rings. The van der Waals surface area contributed by atoms with Crippen molar-refractivity contribution >= 4 is 21.5 Å². The van der Waals surface area contributed by atoms with Gasteiger partial charge in [0.15, 0.2) is 0 Å². The minimum atomic E-state index is -0.112. The highest BCUT2D eigenvalue weighted by molar-refractivity contribution is 5.85. The summed E-state index contributed by atoms with van der Waals surface area (Å²) >= 11 is 0. The Morgan fingerprint density at radius 1 is 0.730 bits per heavy atom. The maximum absolute atomic E-state index is 9.09. The monoisotopic (exact) mass is 493 g/mol. The molecule has 0 bridgehead atoms. The number of rotatable bonds is 7. The fraction of sp³-hybridized carbons (Fsp3) is 0.382. The Hall–Kier alpha value is -3.51. The molecule has 2 atom stereocenters. The largest absolute Gasteiger partial charge is 0.490 e. The Labute approximate surface area is 222 Å². The molecule has 192 valence electrons. The molecule has 2 unspecified atom stereocenters. The third-order valence-corrected chi connectivity index (χ3v) is 6.86. The van der Waals surface area contributed by atoms with Crippen molar-refractivity contribution < 1.29 is 9.47 Å². The first-order chi connectivity index (χ1) is 17.4. The number of hydrogen-bond acceptors (Lipinski definition) is 3. The van der Waals surface area contributed by atoms with Crippen LogP contribution in [-0.2, 0) is 0 Å². The van der Waals surface area contributed by atoms with Crippen LogP contribution in [0.3, 0.4) is 0 Å². The highest BCUT2D eigenvalue weighted by Gasteiger charge is 2.30. The normalized spacial score (nSPS) is 13.8. The Bertz CT molecular complexity index is 1430. The van der Waals surface area contributed by atoms with E-state index in [1.54, 1.807) is 0 Å². The van der Waals surface area contributed by atoms with Gasteiger partial charge in [0.05, 0.1) is 11.6 Å². The lowest BCUT2D eigenvalue weighted by molar-refractivity contribution is 0.143. The van der Waals surface area contributed by atoms with Crippen molar-refractivity contribution in [2.24, 2.45) is 10.8 Å². The van der Waals surface area contributed by atoms with E-state index < -0.39 is 0 Å². The highest BCUT2D eigenvalue weighted by atomic mass is 16.5. The van der Waals surface area contributed by atoms with Gasteiger partial charge < -0.3 is 9.47 Å². The summed E-state index contributed by atoms with van der Waals surface area (Å²) in [7, 11) is 0. The number of nitrogens with zero attached hydrogens (tertiary/aromatic N) is 1. The number of hydrogen-bond donors (Lipinski definition) is 0. The van der Waals surface area contributed by atoms with E-state index >= 15 is 0 Å². The van der Waals surface area contributed by atoms with E-state index in [0.717, 1.165) is 28.7 Å². The molecule has 0 amide bonds. The zero-order valence-corrected chi connectivity index (χ0v) is 23.3. The highest BCUT2D eigenvalue weighted by Crippen LogP contribution is 2.43. The van der Waals surface area contributed by atoms with Crippen LogP contribution in [0.5, 0.6) is 11.5 Å². The number of benzene rings is 4. The van der Waals surface area contributed by atoms with Crippen molar-refractivity contribution in [3.8, 4) is 17.6 Å². The summed E-state index contributed by atoms with van der Waals surface area (Å²) < 4.78 is 12.2. The molecule has 4 rings (SSSR count). The van der Waals surface area contributed by atoms with Crippen LogP contribution in [0.15, 0.2) is 72.8 Å². The molecule has 3 heteroatoms. The van der Waals surface area contributed by atoms with Crippen LogP contribution in [0.4, 0.5) is 0 Å². The third-order valence-electron chi connectivity index (χ3n) is 6.86. The standard InChI is InChI=1S/C34H39NO2/c1-23(37-31-15-13-25-16-24(21-35)8-9-27(25)19-31)22-36-30-14-12-26-17-29(11-10-28(26)18-30)32(34(5,6)7)20-33(2,3)4/h8-19,23,32H,20,22H2,1-7H3. The van der Waals surface area contributed by atoms with Gasteiger partial charge in [-0.1, -0.05) is 77.9 Å². The quantitative estimate of drug-likeness (QED) is 0.258. The molecule has 37 heavy (non-hydrogen) atoms. The van der Waals surface area contributed by atoms with Gasteiger partial charge in [-0.3, -0.25) is 0 Å². The number of fused-ring (bicyclic) bond motifs is 2. The topological polar surface area (TPSA) is 42.2 Å². The molecule has 0 N–H and O–H groups in total. The summed E-state index contributed by atoms with van der Waals surface area (Å²) in [6, 6.07) is 27.0. The van der Waals surface area contributed by atoms with Gasteiger partial charge in [0.1, 0.15) is 24.2 Å². The third kappa shape index (κ3) is 6.83. The van der Waals surface area contributed by atoms with E-state index in [9.17, 15) is 0 Å². The van der Waals surface area contributed by atoms with Gasteiger partial charge in [-0.2, -0.15) is 5.26 Å². The van der Waals surface area contributed by atoms with E-state index in [0.29, 0.717) is 18.1 Å². The number of nitriles is 1. The van der Waals surface area contributed by atoms with Crippen molar-refractivity contribution in [2.75, 3.05) is 6.61 Å². The summed E-state index contributed by atoms with van der Waals surface area (Å²) in [6.07, 6.45) is 1.04. The van der Waals surface area contributed by atoms with E-state index in [1.807, 2.05) is 43.3 Å². The first-order valence-corrected chi connectivity index (χ1v) is 13.2. The first kappa shape index (κ1) is 26.6.